The first-order valence-electron chi connectivity index (χ1n) is 6.04. The van der Waals surface area contributed by atoms with Crippen LogP contribution in [0.2, 0.25) is 0 Å². The monoisotopic (exact) mass is 256 g/mol. The fourth-order valence-corrected chi connectivity index (χ4v) is 1.73. The van der Waals surface area contributed by atoms with E-state index in [1.54, 1.807) is 19.2 Å². The largest absolute Gasteiger partial charge is 0.497 e. The van der Waals surface area contributed by atoms with E-state index in [4.69, 9.17) is 9.47 Å². The summed E-state index contributed by atoms with van der Waals surface area (Å²) in [5.41, 5.74) is 2.69. The van der Waals surface area contributed by atoms with Crippen molar-refractivity contribution in [3.05, 3.63) is 59.2 Å². The van der Waals surface area contributed by atoms with Gasteiger partial charge in [0.05, 0.1) is 7.11 Å². The number of ether oxygens (including phenoxy) is 2. The van der Waals surface area contributed by atoms with Gasteiger partial charge >= 0.3 is 0 Å². The van der Waals surface area contributed by atoms with Crippen LogP contribution >= 0.6 is 0 Å². The molecule has 0 aliphatic heterocycles. The van der Waals surface area contributed by atoms with E-state index in [0.29, 0.717) is 12.2 Å². The van der Waals surface area contributed by atoms with E-state index in [1.807, 2.05) is 37.3 Å². The average molecular weight is 256 g/mol. The van der Waals surface area contributed by atoms with Gasteiger partial charge in [-0.2, -0.15) is 0 Å². The highest BCUT2D eigenvalue weighted by molar-refractivity contribution is 5.75. The van der Waals surface area contributed by atoms with Crippen LogP contribution in [0.15, 0.2) is 42.5 Å². The average Bonchev–Trinajstić information content (AvgIpc) is 2.47. The number of rotatable bonds is 5. The SMILES string of the molecule is COc1ccc(COc2cc(C=O)ccc2C)cc1. The van der Waals surface area contributed by atoms with Crippen LogP contribution in [-0.2, 0) is 6.61 Å². The molecule has 0 saturated heterocycles. The van der Waals surface area contributed by atoms with Crippen LogP contribution in [0.3, 0.4) is 0 Å². The molecule has 2 rings (SSSR count). The highest BCUT2D eigenvalue weighted by Gasteiger charge is 2.02. The molecule has 3 nitrogen and oxygen atoms in total. The van der Waals surface area contributed by atoms with Crippen LogP contribution in [0.5, 0.6) is 11.5 Å². The highest BCUT2D eigenvalue weighted by atomic mass is 16.5. The lowest BCUT2D eigenvalue weighted by atomic mass is 10.1. The molecule has 0 aromatic heterocycles. The summed E-state index contributed by atoms with van der Waals surface area (Å²) < 4.78 is 10.8. The maximum absolute atomic E-state index is 10.7. The molecule has 0 spiro atoms. The minimum absolute atomic E-state index is 0.465. The number of hydrogen-bond acceptors (Lipinski definition) is 3. The van der Waals surface area contributed by atoms with Crippen molar-refractivity contribution in [3.63, 3.8) is 0 Å². The maximum Gasteiger partial charge on any atom is 0.150 e. The van der Waals surface area contributed by atoms with Crippen molar-refractivity contribution in [2.75, 3.05) is 7.11 Å². The minimum atomic E-state index is 0.465. The Balaban J connectivity index is 2.07. The van der Waals surface area contributed by atoms with Crippen molar-refractivity contribution in [1.29, 1.82) is 0 Å². The topological polar surface area (TPSA) is 35.5 Å². The lowest BCUT2D eigenvalue weighted by Crippen LogP contribution is -1.98. The van der Waals surface area contributed by atoms with Gasteiger partial charge in [-0.05, 0) is 36.2 Å². The third-order valence-electron chi connectivity index (χ3n) is 2.90. The molecule has 19 heavy (non-hydrogen) atoms. The van der Waals surface area contributed by atoms with Gasteiger partial charge in [-0.15, -0.1) is 0 Å². The van der Waals surface area contributed by atoms with Gasteiger partial charge in [-0.25, -0.2) is 0 Å². The Morgan fingerprint density at radius 1 is 1.11 bits per heavy atom. The molecular formula is C16H16O3. The zero-order valence-electron chi connectivity index (χ0n) is 11.1. The summed E-state index contributed by atoms with van der Waals surface area (Å²) in [6.45, 7) is 2.42. The fraction of sp³-hybridized carbons (Fsp3) is 0.188. The molecular weight excluding hydrogens is 240 g/mol. The summed E-state index contributed by atoms with van der Waals surface area (Å²) in [6.07, 6.45) is 0.819. The highest BCUT2D eigenvalue weighted by Crippen LogP contribution is 2.20. The van der Waals surface area contributed by atoms with Crippen molar-refractivity contribution < 1.29 is 14.3 Å². The Hall–Kier alpha value is -2.29. The van der Waals surface area contributed by atoms with E-state index in [0.717, 1.165) is 28.9 Å². The number of methoxy groups -OCH3 is 1. The first-order chi connectivity index (χ1) is 9.22. The van der Waals surface area contributed by atoms with E-state index in [1.165, 1.54) is 0 Å². The van der Waals surface area contributed by atoms with Crippen molar-refractivity contribution in [3.8, 4) is 11.5 Å². The maximum atomic E-state index is 10.7. The lowest BCUT2D eigenvalue weighted by Gasteiger charge is -2.10. The van der Waals surface area contributed by atoms with E-state index in [9.17, 15) is 4.79 Å². The Morgan fingerprint density at radius 3 is 2.47 bits per heavy atom. The summed E-state index contributed by atoms with van der Waals surface area (Å²) >= 11 is 0. The lowest BCUT2D eigenvalue weighted by molar-refractivity contribution is 0.112. The summed E-state index contributed by atoms with van der Waals surface area (Å²) in [6, 6.07) is 13.1. The van der Waals surface area contributed by atoms with E-state index in [-0.39, 0.29) is 0 Å². The smallest absolute Gasteiger partial charge is 0.150 e. The minimum Gasteiger partial charge on any atom is -0.497 e. The summed E-state index contributed by atoms with van der Waals surface area (Å²) in [4.78, 5) is 10.7. The van der Waals surface area contributed by atoms with Gasteiger partial charge in [0, 0.05) is 5.56 Å². The molecule has 0 saturated carbocycles. The quantitative estimate of drug-likeness (QED) is 0.769. The zero-order chi connectivity index (χ0) is 13.7. The van der Waals surface area contributed by atoms with Crippen LogP contribution in [0.1, 0.15) is 21.5 Å². The van der Waals surface area contributed by atoms with Crippen LogP contribution in [0.25, 0.3) is 0 Å². The summed E-state index contributed by atoms with van der Waals surface area (Å²) in [5.74, 6) is 1.56. The number of hydrogen-bond donors (Lipinski definition) is 0. The molecule has 0 aliphatic rings. The van der Waals surface area contributed by atoms with Gasteiger partial charge in [0.25, 0.3) is 0 Å². The molecule has 0 unspecified atom stereocenters. The second kappa shape index (κ2) is 6.05. The first kappa shape index (κ1) is 13.1. The number of aryl methyl sites for hydroxylation is 1. The Bertz CT molecular complexity index is 559. The Labute approximate surface area is 112 Å². The van der Waals surface area contributed by atoms with Crippen LogP contribution < -0.4 is 9.47 Å². The number of aldehydes is 1. The second-order valence-corrected chi connectivity index (χ2v) is 4.28. The van der Waals surface area contributed by atoms with E-state index < -0.39 is 0 Å². The molecule has 98 valence electrons. The van der Waals surface area contributed by atoms with Crippen LogP contribution in [-0.4, -0.2) is 13.4 Å². The molecule has 0 N–H and O–H groups in total. The molecule has 0 amide bonds. The van der Waals surface area contributed by atoms with Gasteiger partial charge in [0.1, 0.15) is 24.4 Å². The van der Waals surface area contributed by atoms with Crippen LogP contribution in [0.4, 0.5) is 0 Å². The van der Waals surface area contributed by atoms with Crippen molar-refractivity contribution >= 4 is 6.29 Å². The molecule has 2 aromatic rings. The molecule has 2 aromatic carbocycles. The van der Waals surface area contributed by atoms with Gasteiger partial charge in [-0.1, -0.05) is 24.3 Å². The van der Waals surface area contributed by atoms with Gasteiger partial charge < -0.3 is 9.47 Å². The zero-order valence-corrected chi connectivity index (χ0v) is 11.1. The Morgan fingerprint density at radius 2 is 1.84 bits per heavy atom. The first-order valence-corrected chi connectivity index (χ1v) is 6.04. The number of benzene rings is 2. The Kier molecular flexibility index (Phi) is 4.18. The standard InChI is InChI=1S/C16H16O3/c1-12-3-4-14(10-17)9-16(12)19-11-13-5-7-15(18-2)8-6-13/h3-10H,11H2,1-2H3. The van der Waals surface area contributed by atoms with Gasteiger partial charge in [-0.3, -0.25) is 4.79 Å². The van der Waals surface area contributed by atoms with E-state index in [2.05, 4.69) is 0 Å². The molecule has 0 radical (unpaired) electrons. The summed E-state index contributed by atoms with van der Waals surface area (Å²) in [5, 5.41) is 0. The van der Waals surface area contributed by atoms with Gasteiger partial charge in [0.15, 0.2) is 0 Å². The third-order valence-corrected chi connectivity index (χ3v) is 2.90. The van der Waals surface area contributed by atoms with Crippen molar-refractivity contribution in [2.45, 2.75) is 13.5 Å². The number of carbonyl (C=O) groups is 1. The fourth-order valence-electron chi connectivity index (χ4n) is 1.73. The third kappa shape index (κ3) is 3.35. The van der Waals surface area contributed by atoms with Crippen molar-refractivity contribution in [1.82, 2.24) is 0 Å². The summed E-state index contributed by atoms with van der Waals surface area (Å²) in [7, 11) is 1.64. The number of carbonyl (C=O) groups excluding carboxylic acids is 1. The van der Waals surface area contributed by atoms with Crippen molar-refractivity contribution in [2.24, 2.45) is 0 Å². The van der Waals surface area contributed by atoms with Crippen LogP contribution in [0, 0.1) is 6.92 Å². The normalized spacial score (nSPS) is 10.0. The van der Waals surface area contributed by atoms with E-state index >= 15 is 0 Å². The molecule has 0 aliphatic carbocycles. The second-order valence-electron chi connectivity index (χ2n) is 4.28. The molecule has 3 heteroatoms. The molecule has 0 heterocycles. The molecule has 0 fully saturated rings. The predicted molar refractivity (Wildman–Crippen MR) is 73.9 cm³/mol. The molecule has 0 atom stereocenters. The molecule has 0 bridgehead atoms. The predicted octanol–water partition coefficient (Wildman–Crippen LogP) is 3.40. The van der Waals surface area contributed by atoms with Gasteiger partial charge in [0.2, 0.25) is 0 Å².